The Kier molecular flexibility index (Phi) is 1.94. The Hall–Kier alpha value is -0.570. The molecule has 0 aliphatic heterocycles. The first-order valence-electron chi connectivity index (χ1n) is 2.92. The summed E-state index contributed by atoms with van der Waals surface area (Å²) in [6.07, 6.45) is 3.07. The van der Waals surface area contributed by atoms with Crippen LogP contribution in [0.4, 0.5) is 4.39 Å². The lowest BCUT2D eigenvalue weighted by Crippen LogP contribution is -2.04. The second kappa shape index (κ2) is 2.58. The van der Waals surface area contributed by atoms with E-state index in [2.05, 4.69) is 17.6 Å². The van der Waals surface area contributed by atoms with Gasteiger partial charge in [0.05, 0.1) is 0 Å². The quantitative estimate of drug-likeness (QED) is 0.616. The highest BCUT2D eigenvalue weighted by Crippen LogP contribution is 2.27. The Morgan fingerprint density at radius 1 is 1.70 bits per heavy atom. The van der Waals surface area contributed by atoms with Crippen molar-refractivity contribution >= 4 is 12.6 Å². The largest absolute Gasteiger partial charge is 0.264 e. The molecule has 1 aromatic rings. The molecule has 0 saturated carbocycles. The van der Waals surface area contributed by atoms with Crippen LogP contribution >= 0.6 is 12.6 Å². The molecule has 0 N–H and O–H groups in total. The first-order chi connectivity index (χ1) is 4.61. The average molecular weight is 157 g/mol. The number of pyridine rings is 1. The maximum Gasteiger partial charge on any atom is 0.177 e. The second-order valence-electron chi connectivity index (χ2n) is 2.20. The van der Waals surface area contributed by atoms with Gasteiger partial charge in [0.2, 0.25) is 0 Å². The molecule has 1 atom stereocenters. The van der Waals surface area contributed by atoms with Gasteiger partial charge in [0.15, 0.2) is 5.00 Å². The van der Waals surface area contributed by atoms with Crippen molar-refractivity contribution in [3.63, 3.8) is 0 Å². The van der Waals surface area contributed by atoms with Gasteiger partial charge in [-0.25, -0.2) is 4.39 Å². The van der Waals surface area contributed by atoms with E-state index in [1.165, 1.54) is 13.1 Å². The Morgan fingerprint density at radius 3 is 2.70 bits per heavy atom. The third kappa shape index (κ3) is 1.70. The van der Waals surface area contributed by atoms with Gasteiger partial charge < -0.3 is 0 Å². The van der Waals surface area contributed by atoms with Crippen molar-refractivity contribution in [3.05, 3.63) is 30.1 Å². The number of aromatic nitrogens is 1. The fourth-order valence-electron chi connectivity index (χ4n) is 0.633. The van der Waals surface area contributed by atoms with Crippen molar-refractivity contribution in [2.75, 3.05) is 0 Å². The number of alkyl halides is 1. The van der Waals surface area contributed by atoms with Crippen LogP contribution in [0.1, 0.15) is 12.5 Å². The highest BCUT2D eigenvalue weighted by molar-refractivity contribution is 7.81. The van der Waals surface area contributed by atoms with E-state index in [9.17, 15) is 4.39 Å². The summed E-state index contributed by atoms with van der Waals surface area (Å²) in [5.41, 5.74) is 0.485. The fourth-order valence-corrected chi connectivity index (χ4v) is 0.765. The molecule has 0 saturated heterocycles. The van der Waals surface area contributed by atoms with Crippen LogP contribution in [0.5, 0.6) is 0 Å². The predicted molar refractivity (Wildman–Crippen MR) is 41.7 cm³/mol. The molecule has 0 aliphatic carbocycles. The maximum atomic E-state index is 12.9. The molecule has 1 unspecified atom stereocenters. The number of nitrogens with zero attached hydrogens (tertiary/aromatic N) is 1. The predicted octanol–water partition coefficient (Wildman–Crippen LogP) is 2.15. The standard InChI is InChI=1S/C7H8FNS/c1-7(8,10)6-3-2-4-9-5-6/h2-5,10H,1H3. The zero-order chi connectivity index (χ0) is 7.61. The SMILES string of the molecule is CC(F)(S)c1cccnc1. The minimum atomic E-state index is -1.58. The summed E-state index contributed by atoms with van der Waals surface area (Å²) >= 11 is 3.74. The van der Waals surface area contributed by atoms with Gasteiger partial charge in [-0.05, 0) is 13.0 Å². The van der Waals surface area contributed by atoms with Crippen LogP contribution < -0.4 is 0 Å². The molecule has 0 radical (unpaired) electrons. The van der Waals surface area contributed by atoms with Gasteiger partial charge in [0, 0.05) is 18.0 Å². The lowest BCUT2D eigenvalue weighted by atomic mass is 10.2. The lowest BCUT2D eigenvalue weighted by molar-refractivity contribution is 0.327. The topological polar surface area (TPSA) is 12.9 Å². The maximum absolute atomic E-state index is 12.9. The molecule has 0 aliphatic rings. The van der Waals surface area contributed by atoms with Gasteiger partial charge in [-0.3, -0.25) is 4.98 Å². The fraction of sp³-hybridized carbons (Fsp3) is 0.286. The van der Waals surface area contributed by atoms with E-state index < -0.39 is 5.00 Å². The normalized spacial score (nSPS) is 16.3. The molecular formula is C7H8FNS. The van der Waals surface area contributed by atoms with Crippen LogP contribution in [0, 0.1) is 0 Å². The number of hydrogen-bond donors (Lipinski definition) is 1. The Morgan fingerprint density at radius 2 is 2.40 bits per heavy atom. The van der Waals surface area contributed by atoms with Gasteiger partial charge in [0.1, 0.15) is 0 Å². The van der Waals surface area contributed by atoms with E-state index in [-0.39, 0.29) is 0 Å². The molecule has 0 fully saturated rings. The number of hydrogen-bond acceptors (Lipinski definition) is 2. The minimum Gasteiger partial charge on any atom is -0.264 e. The minimum absolute atomic E-state index is 0.485. The third-order valence-corrected chi connectivity index (χ3v) is 1.45. The highest BCUT2D eigenvalue weighted by atomic mass is 32.1. The summed E-state index contributed by atoms with van der Waals surface area (Å²) in [5.74, 6) is 0. The van der Waals surface area contributed by atoms with Crippen LogP contribution in [0.2, 0.25) is 0 Å². The molecular weight excluding hydrogens is 149 g/mol. The van der Waals surface area contributed by atoms with E-state index in [0.29, 0.717) is 5.56 Å². The number of halogens is 1. The van der Waals surface area contributed by atoms with E-state index in [4.69, 9.17) is 0 Å². The Balaban J connectivity index is 2.97. The van der Waals surface area contributed by atoms with Gasteiger partial charge in [-0.2, -0.15) is 0 Å². The summed E-state index contributed by atoms with van der Waals surface area (Å²) in [6.45, 7) is 1.38. The monoisotopic (exact) mass is 157 g/mol. The van der Waals surface area contributed by atoms with Crippen LogP contribution in [0.15, 0.2) is 24.5 Å². The Labute approximate surface area is 64.7 Å². The molecule has 0 amide bonds. The van der Waals surface area contributed by atoms with Gasteiger partial charge >= 0.3 is 0 Å². The third-order valence-electron chi connectivity index (χ3n) is 1.19. The van der Waals surface area contributed by atoms with E-state index in [1.807, 2.05) is 0 Å². The zero-order valence-corrected chi connectivity index (χ0v) is 6.48. The van der Waals surface area contributed by atoms with Crippen molar-refractivity contribution in [3.8, 4) is 0 Å². The molecule has 0 bridgehead atoms. The molecule has 1 aromatic heterocycles. The van der Waals surface area contributed by atoms with Gasteiger partial charge in [-0.15, -0.1) is 12.6 Å². The molecule has 54 valence electrons. The summed E-state index contributed by atoms with van der Waals surface area (Å²) in [7, 11) is 0. The van der Waals surface area contributed by atoms with Crippen molar-refractivity contribution < 1.29 is 4.39 Å². The summed E-state index contributed by atoms with van der Waals surface area (Å²) in [5, 5.41) is -1.58. The van der Waals surface area contributed by atoms with Crippen molar-refractivity contribution in [1.82, 2.24) is 4.98 Å². The van der Waals surface area contributed by atoms with Crippen LogP contribution in [-0.4, -0.2) is 4.98 Å². The van der Waals surface area contributed by atoms with E-state index >= 15 is 0 Å². The average Bonchev–Trinajstić information content (AvgIpc) is 1.88. The van der Waals surface area contributed by atoms with E-state index in [1.54, 1.807) is 18.3 Å². The molecule has 1 nitrogen and oxygen atoms in total. The van der Waals surface area contributed by atoms with Crippen molar-refractivity contribution in [2.45, 2.75) is 11.9 Å². The van der Waals surface area contributed by atoms with Gasteiger partial charge in [-0.1, -0.05) is 6.07 Å². The van der Waals surface area contributed by atoms with Crippen molar-refractivity contribution in [2.24, 2.45) is 0 Å². The number of rotatable bonds is 1. The first-order valence-corrected chi connectivity index (χ1v) is 3.37. The summed E-state index contributed by atoms with van der Waals surface area (Å²) in [4.78, 5) is 3.76. The number of thiol groups is 1. The molecule has 1 rings (SSSR count). The molecule has 3 heteroatoms. The lowest BCUT2D eigenvalue weighted by Gasteiger charge is -2.11. The first kappa shape index (κ1) is 7.54. The molecule has 0 spiro atoms. The molecule has 10 heavy (non-hydrogen) atoms. The second-order valence-corrected chi connectivity index (χ2v) is 3.03. The zero-order valence-electron chi connectivity index (χ0n) is 5.58. The van der Waals surface area contributed by atoms with E-state index in [0.717, 1.165) is 0 Å². The molecule has 1 heterocycles. The highest BCUT2D eigenvalue weighted by Gasteiger charge is 2.19. The van der Waals surface area contributed by atoms with Crippen LogP contribution in [0.3, 0.4) is 0 Å². The smallest absolute Gasteiger partial charge is 0.177 e. The van der Waals surface area contributed by atoms with Crippen molar-refractivity contribution in [1.29, 1.82) is 0 Å². The van der Waals surface area contributed by atoms with Crippen LogP contribution in [-0.2, 0) is 5.00 Å². The Bertz CT molecular complexity index is 205. The summed E-state index contributed by atoms with van der Waals surface area (Å²) in [6, 6.07) is 3.34. The summed E-state index contributed by atoms with van der Waals surface area (Å²) < 4.78 is 12.9. The van der Waals surface area contributed by atoms with Gasteiger partial charge in [0.25, 0.3) is 0 Å². The molecule has 0 aromatic carbocycles. The van der Waals surface area contributed by atoms with Crippen LogP contribution in [0.25, 0.3) is 0 Å².